The van der Waals surface area contributed by atoms with Crippen LogP contribution in [0, 0.1) is 48.8 Å². The number of H-pyrrole nitrogens is 2. The van der Waals surface area contributed by atoms with Gasteiger partial charge in [0.1, 0.15) is 45.8 Å². The molecule has 29 nitrogen and oxygen atoms in total. The number of sulfonamides is 2. The highest BCUT2D eigenvalue weighted by molar-refractivity contribution is 7.90. The number of piperidine rings is 2. The third-order valence-electron chi connectivity index (χ3n) is 27.6. The summed E-state index contributed by atoms with van der Waals surface area (Å²) in [6, 6.07) is 38.7. The molecule has 4 aromatic heterocycles. The van der Waals surface area contributed by atoms with Crippen molar-refractivity contribution in [1.82, 2.24) is 49.0 Å². The monoisotopic (exact) mass is 1850 g/mol. The fourth-order valence-corrected chi connectivity index (χ4v) is 22.7. The van der Waals surface area contributed by atoms with Gasteiger partial charge in [-0.15, -0.1) is 0 Å². The van der Waals surface area contributed by atoms with E-state index < -0.39 is 57.2 Å². The smallest absolute Gasteiger partial charge is 0.277 e. The number of halogens is 2. The number of aromatic amines is 2. The number of aromatic nitrogens is 4. The Kier molecular flexibility index (Phi) is 25.9. The Morgan fingerprint density at radius 1 is 0.557 bits per heavy atom. The van der Waals surface area contributed by atoms with Crippen LogP contribution in [0.1, 0.15) is 154 Å². The molecular formula is C98H108Cl2N14O15S2. The van der Waals surface area contributed by atoms with E-state index in [4.69, 9.17) is 42.1 Å². The number of hydrogen-bond donors (Lipinski definition) is 4. The van der Waals surface area contributed by atoms with Crippen LogP contribution in [-0.4, -0.2) is 195 Å². The average molecular weight is 1860 g/mol. The number of ether oxygens (including phenoxy) is 4. The van der Waals surface area contributed by atoms with Crippen LogP contribution < -0.4 is 38.2 Å². The van der Waals surface area contributed by atoms with Crippen molar-refractivity contribution in [3.05, 3.63) is 233 Å². The molecule has 33 heteroatoms. The Bertz CT molecular complexity index is 6380. The molecule has 4 N–H and O–H groups in total. The molecular weight excluding hydrogens is 1750 g/mol. The number of nitro benzene ring substituents is 2. The minimum Gasteiger partial charge on any atom is -0.493 e. The largest absolute Gasteiger partial charge is 0.493 e. The predicted molar refractivity (Wildman–Crippen MR) is 503 cm³/mol. The Balaban J connectivity index is 0.000000176. The normalized spacial score (nSPS) is 20.6. The maximum absolute atomic E-state index is 14.1. The molecule has 4 atom stereocenters. The molecule has 0 radical (unpaired) electrons. The number of anilines is 2. The lowest BCUT2D eigenvalue weighted by Crippen LogP contribution is -2.47. The first-order chi connectivity index (χ1) is 62.9. The van der Waals surface area contributed by atoms with Gasteiger partial charge in [-0.1, -0.05) is 86.3 Å². The van der Waals surface area contributed by atoms with E-state index in [1.54, 1.807) is 54.9 Å². The number of amides is 3. The zero-order valence-electron chi connectivity index (χ0n) is 73.9. The molecule has 3 aliphatic carbocycles. The van der Waals surface area contributed by atoms with Crippen molar-refractivity contribution in [3.8, 4) is 34.5 Å². The lowest BCUT2D eigenvalue weighted by Gasteiger charge is -2.39. The number of piperazine rings is 2. The van der Waals surface area contributed by atoms with Gasteiger partial charge in [0.05, 0.1) is 67.5 Å². The first-order valence-corrected chi connectivity index (χ1v) is 49.1. The second-order valence-corrected chi connectivity index (χ2v) is 42.3. The van der Waals surface area contributed by atoms with Gasteiger partial charge in [-0.2, -0.15) is 0 Å². The highest BCUT2D eigenvalue weighted by atomic mass is 35.5. The first kappa shape index (κ1) is 90.1. The van der Waals surface area contributed by atoms with Crippen molar-refractivity contribution in [1.29, 1.82) is 0 Å². The number of nitrogens with zero attached hydrogens (tertiary/aromatic N) is 10. The number of hydrogen-bond acceptors (Lipinski definition) is 22. The van der Waals surface area contributed by atoms with Gasteiger partial charge >= 0.3 is 0 Å². The fourth-order valence-electron chi connectivity index (χ4n) is 20.4. The van der Waals surface area contributed by atoms with Crippen molar-refractivity contribution in [2.24, 2.45) is 28.6 Å². The molecule has 9 aliphatic rings. The molecule has 5 fully saturated rings. The summed E-state index contributed by atoms with van der Waals surface area (Å²) < 4.78 is 84.8. The molecule has 131 heavy (non-hydrogen) atoms. The van der Waals surface area contributed by atoms with Gasteiger partial charge in [0.2, 0.25) is 5.91 Å². The second kappa shape index (κ2) is 37.7. The van der Waals surface area contributed by atoms with E-state index in [0.29, 0.717) is 73.6 Å². The Morgan fingerprint density at radius 2 is 1.02 bits per heavy atom. The maximum Gasteiger partial charge on any atom is 0.277 e. The van der Waals surface area contributed by atoms with Crippen molar-refractivity contribution in [2.45, 2.75) is 140 Å². The number of likely N-dealkylation sites (tertiary alicyclic amines) is 2. The number of fused-ring (bicyclic) bond motifs is 6. The minimum absolute atomic E-state index is 0.0199. The number of pyridine rings is 2. The average Bonchev–Trinajstić information content (AvgIpc) is 1.25. The summed E-state index contributed by atoms with van der Waals surface area (Å²) >= 11 is 12.5. The van der Waals surface area contributed by atoms with E-state index in [0.717, 1.165) is 173 Å². The molecule has 0 unspecified atom stereocenters. The number of rotatable bonds is 24. The fraction of sp³-hybridized carbons (Fsp3) is 0.418. The van der Waals surface area contributed by atoms with E-state index in [9.17, 15) is 51.4 Å². The highest BCUT2D eigenvalue weighted by Gasteiger charge is 2.42. The Morgan fingerprint density at radius 3 is 1.46 bits per heavy atom. The Hall–Kier alpha value is -11.5. The second-order valence-electron chi connectivity index (χ2n) is 38.0. The number of allylic oxidation sites excluding steroid dienone is 2. The van der Waals surface area contributed by atoms with E-state index in [1.165, 1.54) is 83.3 Å². The van der Waals surface area contributed by atoms with E-state index >= 15 is 0 Å². The molecule has 10 heterocycles. The van der Waals surface area contributed by atoms with Crippen molar-refractivity contribution >= 4 is 117 Å². The van der Waals surface area contributed by atoms with E-state index in [1.807, 2.05) is 41.3 Å². The lowest BCUT2D eigenvalue weighted by atomic mass is 9.72. The van der Waals surface area contributed by atoms with Crippen LogP contribution in [0.5, 0.6) is 34.5 Å². The van der Waals surface area contributed by atoms with Crippen molar-refractivity contribution < 1.29 is 60.0 Å². The topological polar surface area (TPSA) is 344 Å². The maximum atomic E-state index is 14.1. The summed E-state index contributed by atoms with van der Waals surface area (Å²) in [5, 5.41) is 27.8. The van der Waals surface area contributed by atoms with Crippen LogP contribution >= 0.6 is 23.2 Å². The third-order valence-corrected chi connectivity index (χ3v) is 30.7. The number of carbonyl (C=O) groups excluding carboxylic acids is 3. The van der Waals surface area contributed by atoms with E-state index in [-0.39, 0.29) is 93.4 Å². The quantitative estimate of drug-likeness (QED) is 0.0322. The molecule has 2 bridgehead atoms. The highest BCUT2D eigenvalue weighted by Crippen LogP contribution is 2.48. The van der Waals surface area contributed by atoms with Crippen molar-refractivity contribution in [2.75, 3.05) is 115 Å². The summed E-state index contributed by atoms with van der Waals surface area (Å²) in [5.74, 6) is -0.405. The standard InChI is InChI=1S/C49H54ClN7O8S.C49H54ClN7O7S/c1-49(2)14-12-35(42(28-49)33-6-8-36(50)9-7-33)30-54-18-20-55(21-19-54)37-10-11-40(45(25-37)65-38-24-34-13-15-51-47(34)52-29-38)48(59)53-66(62,63)39-26-43(57(60)61)41-22-32(31-64-44(41)27-39)23-46(58)56-16-4-3-5-17-56;1-49(2)13-11-35(43(25-49)33-4-6-36(50)7-5-33)29-54-15-17-55(18-16-54)38-9-10-41(46(22-38)64-39-21-34-12-14-51-47(34)52-26-39)48(58)53-65(61,62)40-23-44(57(59)60)42-20-32(30-63-45(42)24-40)28-56-27-31-3-8-37(56)19-31/h6-11,13,15,24-27,29,32H,3-5,12,14,16-23,28,30-31H2,1-2H3,(H,51,52)(H,53,59);4-7,9-10,12,14,21-24,26,31-32,37H,3,8,11,13,15-20,25,27-30H2,1-2H3,(H,51,52)(H,53,58)/t32-;31-,32+,37+/m00/s1. The molecule has 10 aromatic rings. The zero-order chi connectivity index (χ0) is 91.2. The van der Waals surface area contributed by atoms with Crippen LogP contribution in [0.3, 0.4) is 0 Å². The van der Waals surface area contributed by atoms with Gasteiger partial charge < -0.3 is 43.6 Å². The molecule has 3 amide bonds. The van der Waals surface area contributed by atoms with E-state index in [2.05, 4.69) is 106 Å². The molecule has 4 saturated heterocycles. The van der Waals surface area contributed by atoms with Gasteiger partial charge in [0.25, 0.3) is 43.2 Å². The number of nitro groups is 2. The summed E-state index contributed by atoms with van der Waals surface area (Å²) in [6.45, 7) is 20.8. The van der Waals surface area contributed by atoms with Crippen LogP contribution in [0.2, 0.25) is 10.0 Å². The molecule has 6 aromatic carbocycles. The van der Waals surface area contributed by atoms with Gasteiger partial charge in [-0.05, 0) is 202 Å². The number of carbonyl (C=O) groups is 3. The Labute approximate surface area is 771 Å². The van der Waals surface area contributed by atoms with Gasteiger partial charge in [0.15, 0.2) is 0 Å². The van der Waals surface area contributed by atoms with Crippen LogP contribution in [0.15, 0.2) is 179 Å². The summed E-state index contributed by atoms with van der Waals surface area (Å²) in [4.78, 5) is 92.5. The van der Waals surface area contributed by atoms with Gasteiger partial charge in [-0.3, -0.25) is 49.3 Å². The van der Waals surface area contributed by atoms with Crippen molar-refractivity contribution in [3.63, 3.8) is 0 Å². The third kappa shape index (κ3) is 20.6. The van der Waals surface area contributed by atoms with Crippen LogP contribution in [0.25, 0.3) is 33.2 Å². The molecule has 686 valence electrons. The van der Waals surface area contributed by atoms with Crippen LogP contribution in [0.4, 0.5) is 22.7 Å². The zero-order valence-corrected chi connectivity index (χ0v) is 77.1. The summed E-state index contributed by atoms with van der Waals surface area (Å²) in [7, 11) is -9.29. The molecule has 6 aliphatic heterocycles. The summed E-state index contributed by atoms with van der Waals surface area (Å²) in [5.41, 5.74) is 11.2. The molecule has 1 saturated carbocycles. The lowest BCUT2D eigenvalue weighted by molar-refractivity contribution is -0.386. The number of benzene rings is 6. The molecule has 0 spiro atoms. The van der Waals surface area contributed by atoms with Gasteiger partial charge in [-0.25, -0.2) is 36.2 Å². The SMILES string of the molecule is CC1(C)CCC(CN2CCN(c3ccc(C(=O)NS(=O)(=O)c4cc5c(c([N+](=O)[O-])c4)C[C@@H](CC(=O)N4CCCCC4)CO5)c(Oc4cnc5[nH]ccc5c4)c3)CC2)=C(c2ccc(Cl)cc2)C1.CC1(C)CCC(CN2CCN(c3ccc(C(=O)NS(=O)(=O)c4cc5c(c([N+](=O)[O-])c4)C[C@H](CN4C[C@H]6CC[C@@H]4C6)CO5)c(Oc4cnc5[nH]ccc5c4)c3)CC2)=C(c2ccc(Cl)cc2)C1. The first-order valence-electron chi connectivity index (χ1n) is 45.3. The molecule has 19 rings (SSSR count). The summed E-state index contributed by atoms with van der Waals surface area (Å²) in [6.07, 6.45) is 20.3. The minimum atomic E-state index is -4.68. The number of nitrogens with one attached hydrogen (secondary N) is 4. The van der Waals surface area contributed by atoms with Gasteiger partial charge in [0, 0.05) is 197 Å². The van der Waals surface area contributed by atoms with Crippen LogP contribution in [-0.2, 0) is 37.7 Å². The predicted octanol–water partition coefficient (Wildman–Crippen LogP) is 17.6.